The highest BCUT2D eigenvalue weighted by atomic mass is 79.9. The highest BCUT2D eigenvalue weighted by molar-refractivity contribution is 9.10. The van der Waals surface area contributed by atoms with Crippen molar-refractivity contribution < 1.29 is 13.2 Å². The summed E-state index contributed by atoms with van der Waals surface area (Å²) in [6.45, 7) is 2.00. The molecular formula is C18H21BrN4O3S. The molecule has 0 saturated carbocycles. The van der Waals surface area contributed by atoms with E-state index in [1.165, 1.54) is 33.0 Å². The molecule has 1 aliphatic heterocycles. The molecule has 1 N–H and O–H groups in total. The Labute approximate surface area is 167 Å². The lowest BCUT2D eigenvalue weighted by molar-refractivity contribution is 0.102. The van der Waals surface area contributed by atoms with E-state index in [9.17, 15) is 13.2 Å². The molecule has 0 atom stereocenters. The van der Waals surface area contributed by atoms with Gasteiger partial charge in [-0.25, -0.2) is 17.7 Å². The predicted molar refractivity (Wildman–Crippen MR) is 109 cm³/mol. The summed E-state index contributed by atoms with van der Waals surface area (Å²) < 4.78 is 26.3. The number of hydrogen-bond donors (Lipinski definition) is 1. The van der Waals surface area contributed by atoms with Gasteiger partial charge in [-0.1, -0.05) is 0 Å². The van der Waals surface area contributed by atoms with Crippen molar-refractivity contribution in [3.8, 4) is 0 Å². The number of hydrogen-bond acceptors (Lipinski definition) is 5. The van der Waals surface area contributed by atoms with Gasteiger partial charge in [0.25, 0.3) is 5.91 Å². The Morgan fingerprint density at radius 3 is 2.48 bits per heavy atom. The largest absolute Gasteiger partial charge is 0.357 e. The van der Waals surface area contributed by atoms with Crippen LogP contribution in [0.4, 0.5) is 11.5 Å². The Kier molecular flexibility index (Phi) is 5.83. The molecule has 7 nitrogen and oxygen atoms in total. The molecule has 1 aliphatic rings. The zero-order chi connectivity index (χ0) is 19.6. The Morgan fingerprint density at radius 2 is 1.89 bits per heavy atom. The van der Waals surface area contributed by atoms with Gasteiger partial charge in [0, 0.05) is 37.2 Å². The van der Waals surface area contributed by atoms with Crippen LogP contribution in [0.15, 0.2) is 45.9 Å². The van der Waals surface area contributed by atoms with Gasteiger partial charge in [-0.2, -0.15) is 0 Å². The summed E-state index contributed by atoms with van der Waals surface area (Å²) in [5.74, 6) is 0.502. The molecule has 1 fully saturated rings. The van der Waals surface area contributed by atoms with Crippen LogP contribution < -0.4 is 10.2 Å². The van der Waals surface area contributed by atoms with Crippen molar-refractivity contribution >= 4 is 43.4 Å². The van der Waals surface area contributed by atoms with Gasteiger partial charge in [0.1, 0.15) is 5.82 Å². The van der Waals surface area contributed by atoms with E-state index in [2.05, 4.69) is 31.1 Å². The van der Waals surface area contributed by atoms with Crippen LogP contribution in [0.5, 0.6) is 0 Å². The number of anilines is 2. The molecule has 0 aliphatic carbocycles. The van der Waals surface area contributed by atoms with Crippen LogP contribution in [-0.2, 0) is 10.0 Å². The zero-order valence-corrected chi connectivity index (χ0v) is 17.5. The number of sulfonamides is 1. The van der Waals surface area contributed by atoms with Crippen molar-refractivity contribution in [2.75, 3.05) is 37.4 Å². The maximum absolute atomic E-state index is 12.5. The van der Waals surface area contributed by atoms with Crippen molar-refractivity contribution in [1.82, 2.24) is 9.29 Å². The van der Waals surface area contributed by atoms with E-state index in [0.29, 0.717) is 10.2 Å². The molecule has 0 bridgehead atoms. The number of carbonyl (C=O) groups is 1. The highest BCUT2D eigenvalue weighted by Crippen LogP contribution is 2.26. The highest BCUT2D eigenvalue weighted by Gasteiger charge is 2.22. The second-order valence-electron chi connectivity index (χ2n) is 6.49. The zero-order valence-electron chi connectivity index (χ0n) is 15.1. The number of carbonyl (C=O) groups excluding carboxylic acids is 1. The van der Waals surface area contributed by atoms with Crippen LogP contribution in [0.3, 0.4) is 0 Å². The van der Waals surface area contributed by atoms with Crippen LogP contribution in [0.25, 0.3) is 0 Å². The van der Waals surface area contributed by atoms with Crippen LogP contribution in [-0.4, -0.2) is 50.8 Å². The molecular weight excluding hydrogens is 432 g/mol. The minimum absolute atomic E-state index is 0.0441. The van der Waals surface area contributed by atoms with Crippen LogP contribution in [0, 0.1) is 0 Å². The average Bonchev–Trinajstić information content (AvgIpc) is 3.17. The molecule has 144 valence electrons. The molecule has 1 amide bonds. The average molecular weight is 453 g/mol. The summed E-state index contributed by atoms with van der Waals surface area (Å²) in [6, 6.07) is 8.17. The number of nitrogens with one attached hydrogen (secondary N) is 1. The van der Waals surface area contributed by atoms with E-state index in [-0.39, 0.29) is 10.5 Å². The van der Waals surface area contributed by atoms with Crippen molar-refractivity contribution in [3.05, 3.63) is 46.6 Å². The molecule has 0 spiro atoms. The van der Waals surface area contributed by atoms with Crippen LogP contribution in [0.2, 0.25) is 0 Å². The van der Waals surface area contributed by atoms with Crippen molar-refractivity contribution in [2.45, 2.75) is 17.7 Å². The lowest BCUT2D eigenvalue weighted by atomic mass is 10.2. The maximum atomic E-state index is 12.5. The van der Waals surface area contributed by atoms with Gasteiger partial charge in [-0.05, 0) is 59.1 Å². The molecule has 0 unspecified atom stereocenters. The fourth-order valence-corrected chi connectivity index (χ4v) is 4.68. The first-order valence-corrected chi connectivity index (χ1v) is 10.8. The van der Waals surface area contributed by atoms with Crippen molar-refractivity contribution in [3.63, 3.8) is 0 Å². The first-order valence-electron chi connectivity index (χ1n) is 8.53. The minimum atomic E-state index is -3.66. The fourth-order valence-electron chi connectivity index (χ4n) is 2.84. The summed E-state index contributed by atoms with van der Waals surface area (Å²) in [4.78, 5) is 19.2. The smallest absolute Gasteiger partial charge is 0.255 e. The molecule has 1 aromatic heterocycles. The quantitative estimate of drug-likeness (QED) is 0.753. The summed E-state index contributed by atoms with van der Waals surface area (Å²) in [5, 5.41) is 2.76. The second-order valence-corrected chi connectivity index (χ2v) is 9.46. The number of halogens is 1. The summed E-state index contributed by atoms with van der Waals surface area (Å²) in [5.41, 5.74) is 0.810. The van der Waals surface area contributed by atoms with Gasteiger partial charge in [0.2, 0.25) is 10.0 Å². The van der Waals surface area contributed by atoms with Gasteiger partial charge in [-0.3, -0.25) is 4.79 Å². The number of rotatable bonds is 5. The van der Waals surface area contributed by atoms with Gasteiger partial charge in [-0.15, -0.1) is 0 Å². The third-order valence-corrected chi connectivity index (χ3v) is 7.20. The third kappa shape index (κ3) is 4.31. The maximum Gasteiger partial charge on any atom is 0.255 e. The molecule has 2 heterocycles. The molecule has 27 heavy (non-hydrogen) atoms. The summed E-state index contributed by atoms with van der Waals surface area (Å²) in [6.07, 6.45) is 3.95. The molecule has 1 aromatic carbocycles. The van der Waals surface area contributed by atoms with E-state index in [1.807, 2.05) is 6.07 Å². The molecule has 2 aromatic rings. The predicted octanol–water partition coefficient (Wildman–Crippen LogP) is 2.95. The third-order valence-electron chi connectivity index (χ3n) is 4.39. The molecule has 3 rings (SSSR count). The van der Waals surface area contributed by atoms with Crippen molar-refractivity contribution in [2.24, 2.45) is 0 Å². The molecule has 1 saturated heterocycles. The summed E-state index contributed by atoms with van der Waals surface area (Å²) >= 11 is 3.24. The standard InChI is InChI=1S/C18H21BrN4O3S/c1-22(2)27(25,26)16-11-13(5-7-15(16)19)18(24)21-14-6-8-17(20-12-14)23-9-3-4-10-23/h5-8,11-12H,3-4,9-10H2,1-2H3,(H,21,24). The minimum Gasteiger partial charge on any atom is -0.357 e. The lowest BCUT2D eigenvalue weighted by Crippen LogP contribution is -2.23. The van der Waals surface area contributed by atoms with E-state index >= 15 is 0 Å². The summed E-state index contributed by atoms with van der Waals surface area (Å²) in [7, 11) is -0.770. The monoisotopic (exact) mass is 452 g/mol. The van der Waals surface area contributed by atoms with Crippen molar-refractivity contribution in [1.29, 1.82) is 0 Å². The normalized spacial score (nSPS) is 14.6. The fraction of sp³-hybridized carbons (Fsp3) is 0.333. The SMILES string of the molecule is CN(C)S(=O)(=O)c1cc(C(=O)Nc2ccc(N3CCCC3)nc2)ccc1Br. The van der Waals surface area contributed by atoms with Crippen LogP contribution >= 0.6 is 15.9 Å². The number of amides is 1. The van der Waals surface area contributed by atoms with E-state index in [4.69, 9.17) is 0 Å². The Hall–Kier alpha value is -1.97. The Morgan fingerprint density at radius 1 is 1.19 bits per heavy atom. The van der Waals surface area contributed by atoms with Gasteiger partial charge < -0.3 is 10.2 Å². The number of benzene rings is 1. The molecule has 9 heteroatoms. The Bertz CT molecular complexity index is 940. The number of aromatic nitrogens is 1. The lowest BCUT2D eigenvalue weighted by Gasteiger charge is -2.16. The topological polar surface area (TPSA) is 82.6 Å². The second kappa shape index (κ2) is 7.95. The van der Waals surface area contributed by atoms with E-state index in [0.717, 1.165) is 23.2 Å². The van der Waals surface area contributed by atoms with Gasteiger partial charge in [0.15, 0.2) is 0 Å². The number of nitrogens with zero attached hydrogens (tertiary/aromatic N) is 3. The van der Waals surface area contributed by atoms with Gasteiger partial charge >= 0.3 is 0 Å². The van der Waals surface area contributed by atoms with E-state index in [1.54, 1.807) is 24.4 Å². The van der Waals surface area contributed by atoms with Gasteiger partial charge in [0.05, 0.1) is 16.8 Å². The number of pyridine rings is 1. The molecule has 0 radical (unpaired) electrons. The van der Waals surface area contributed by atoms with E-state index < -0.39 is 15.9 Å². The first-order chi connectivity index (χ1) is 12.8. The van der Waals surface area contributed by atoms with Crippen LogP contribution in [0.1, 0.15) is 23.2 Å². The first kappa shape index (κ1) is 19.8. The Balaban J connectivity index is 1.78.